The molecule has 162 valence electrons. The number of fused-ring (bicyclic) bond motifs is 1. The lowest BCUT2D eigenvalue weighted by Gasteiger charge is -2.16. The highest BCUT2D eigenvalue weighted by molar-refractivity contribution is 7.99. The van der Waals surface area contributed by atoms with Gasteiger partial charge >= 0.3 is 0 Å². The Morgan fingerprint density at radius 1 is 1.33 bits per heavy atom. The lowest BCUT2D eigenvalue weighted by atomic mass is 10.0. The Balaban J connectivity index is 0.000000481. The molecule has 1 unspecified atom stereocenters. The van der Waals surface area contributed by atoms with Crippen molar-refractivity contribution < 1.29 is 14.6 Å². The van der Waals surface area contributed by atoms with Gasteiger partial charge in [-0.05, 0) is 55.0 Å². The second kappa shape index (κ2) is 11.1. The van der Waals surface area contributed by atoms with E-state index < -0.39 is 5.97 Å². The fraction of sp³-hybridized carbons (Fsp3) is 0.417. The van der Waals surface area contributed by atoms with Gasteiger partial charge < -0.3 is 14.4 Å². The monoisotopic (exact) mass is 428 g/mol. The lowest BCUT2D eigenvalue weighted by Crippen LogP contribution is -2.14. The van der Waals surface area contributed by atoms with Gasteiger partial charge in [-0.3, -0.25) is 4.79 Å². The van der Waals surface area contributed by atoms with Gasteiger partial charge in [0.05, 0.1) is 0 Å². The highest BCUT2D eigenvalue weighted by atomic mass is 32.2. The van der Waals surface area contributed by atoms with E-state index in [1.165, 1.54) is 33.8 Å². The molecule has 0 bridgehead atoms. The number of hydrogen-bond donors (Lipinski definition) is 1. The molecule has 0 amide bonds. The van der Waals surface area contributed by atoms with Crippen LogP contribution in [0.4, 0.5) is 0 Å². The number of carbonyl (C=O) groups is 1. The molecule has 6 heteroatoms. The predicted octanol–water partition coefficient (Wildman–Crippen LogP) is 5.76. The molecule has 0 saturated heterocycles. The van der Waals surface area contributed by atoms with Crippen molar-refractivity contribution in [3.8, 4) is 5.75 Å². The van der Waals surface area contributed by atoms with Crippen molar-refractivity contribution in [2.45, 2.75) is 58.0 Å². The third kappa shape index (κ3) is 5.79. The second-order valence-corrected chi connectivity index (χ2v) is 8.17. The number of imidazole rings is 1. The number of ether oxygens (including phenoxy) is 1. The summed E-state index contributed by atoms with van der Waals surface area (Å²) in [5, 5.41) is 7.42. The number of rotatable bonds is 4. The predicted molar refractivity (Wildman–Crippen MR) is 124 cm³/mol. The summed E-state index contributed by atoms with van der Waals surface area (Å²) in [6, 6.07) is 6.53. The van der Waals surface area contributed by atoms with Crippen LogP contribution in [0.3, 0.4) is 0 Å². The lowest BCUT2D eigenvalue weighted by molar-refractivity contribution is -0.134. The molecule has 5 nitrogen and oxygen atoms in total. The number of thioether (sulfide) groups is 1. The summed E-state index contributed by atoms with van der Waals surface area (Å²) >= 11 is 1.93. The molecule has 2 heterocycles. The smallest absolute Gasteiger partial charge is 0.300 e. The van der Waals surface area contributed by atoms with Crippen molar-refractivity contribution in [2.75, 3.05) is 5.75 Å². The maximum Gasteiger partial charge on any atom is 0.300 e. The molecule has 2 aromatic rings. The van der Waals surface area contributed by atoms with Crippen molar-refractivity contribution >= 4 is 23.3 Å². The van der Waals surface area contributed by atoms with Crippen molar-refractivity contribution in [3.05, 3.63) is 59.7 Å². The fourth-order valence-electron chi connectivity index (χ4n) is 3.60. The summed E-state index contributed by atoms with van der Waals surface area (Å²) in [5.41, 5.74) is 5.06. The summed E-state index contributed by atoms with van der Waals surface area (Å²) in [6.07, 6.45) is 7.11. The number of aliphatic carboxylic acids is 1. The minimum atomic E-state index is -0.833. The molecule has 2 aliphatic rings. The number of carboxylic acid groups (broad SMARTS) is 1. The van der Waals surface area contributed by atoms with E-state index in [4.69, 9.17) is 14.6 Å². The Morgan fingerprint density at radius 2 is 2.03 bits per heavy atom. The Hall–Kier alpha value is -2.47. The van der Waals surface area contributed by atoms with E-state index in [0.29, 0.717) is 0 Å². The van der Waals surface area contributed by atoms with Gasteiger partial charge in [0.15, 0.2) is 0 Å². The first-order valence-electron chi connectivity index (χ1n) is 10.4. The van der Waals surface area contributed by atoms with Gasteiger partial charge in [0.1, 0.15) is 17.7 Å². The molecule has 1 N–H and O–H groups in total. The molecule has 0 saturated carbocycles. The van der Waals surface area contributed by atoms with E-state index >= 15 is 0 Å². The van der Waals surface area contributed by atoms with Crippen molar-refractivity contribution in [1.82, 2.24) is 9.55 Å². The topological polar surface area (TPSA) is 64.4 Å². The van der Waals surface area contributed by atoms with E-state index in [1.807, 2.05) is 49.6 Å². The highest BCUT2D eigenvalue weighted by Gasteiger charge is 2.27. The van der Waals surface area contributed by atoms with Gasteiger partial charge in [0.25, 0.3) is 5.97 Å². The number of aromatic nitrogens is 2. The van der Waals surface area contributed by atoms with Crippen LogP contribution in [0.15, 0.2) is 53.2 Å². The molecule has 1 atom stereocenters. The zero-order valence-electron chi connectivity index (χ0n) is 18.6. The first-order valence-corrected chi connectivity index (χ1v) is 11.3. The van der Waals surface area contributed by atoms with Gasteiger partial charge in [0, 0.05) is 42.6 Å². The highest BCUT2D eigenvalue weighted by Crippen LogP contribution is 2.38. The van der Waals surface area contributed by atoms with Crippen LogP contribution in [-0.2, 0) is 18.3 Å². The summed E-state index contributed by atoms with van der Waals surface area (Å²) in [5.74, 6) is 2.28. The van der Waals surface area contributed by atoms with Gasteiger partial charge in [-0.2, -0.15) is 0 Å². The van der Waals surface area contributed by atoms with Gasteiger partial charge in [0.2, 0.25) is 0 Å². The maximum absolute atomic E-state index is 9.00. The molecule has 1 aromatic heterocycles. The average molecular weight is 429 g/mol. The van der Waals surface area contributed by atoms with Gasteiger partial charge in [-0.25, -0.2) is 4.98 Å². The third-order valence-electron chi connectivity index (χ3n) is 5.02. The van der Waals surface area contributed by atoms with E-state index in [0.717, 1.165) is 36.9 Å². The molecule has 0 spiro atoms. The normalized spacial score (nSPS) is 16.8. The first kappa shape index (κ1) is 23.8. The SMILES string of the molecule is C=C(C1=C(C)C(Oc2ccc3c(c2)SCC3)CC1)c1nccn1C.CC.CC(=O)O. The number of aryl methyl sites for hydroxylation is 2. The van der Waals surface area contributed by atoms with E-state index in [1.54, 1.807) is 0 Å². The molecule has 1 aromatic carbocycles. The van der Waals surface area contributed by atoms with Crippen LogP contribution < -0.4 is 4.74 Å². The molecule has 0 fully saturated rings. The van der Waals surface area contributed by atoms with E-state index in [2.05, 4.69) is 36.7 Å². The molecular formula is C24H32N2O3S. The summed E-state index contributed by atoms with van der Waals surface area (Å²) in [7, 11) is 2.01. The van der Waals surface area contributed by atoms with Crippen molar-refractivity contribution in [2.24, 2.45) is 7.05 Å². The first-order chi connectivity index (χ1) is 14.4. The van der Waals surface area contributed by atoms with Crippen LogP contribution in [0, 0.1) is 0 Å². The third-order valence-corrected chi connectivity index (χ3v) is 6.12. The van der Waals surface area contributed by atoms with Crippen LogP contribution in [0.25, 0.3) is 5.57 Å². The van der Waals surface area contributed by atoms with E-state index in [-0.39, 0.29) is 6.10 Å². The zero-order chi connectivity index (χ0) is 22.3. The number of benzene rings is 1. The van der Waals surface area contributed by atoms with Crippen molar-refractivity contribution in [1.29, 1.82) is 0 Å². The standard InChI is InChI=1S/C20H22N2OS.C2H4O2.C2H6/c1-13-17(14(2)20-21-9-10-22(20)3)6-7-18(13)23-16-5-4-15-8-11-24-19(15)12-16;1-2(3)4;1-2/h4-5,9-10,12,18H,2,6-8,11H2,1,3H3;1H3,(H,3,4);1-2H3. The minimum absolute atomic E-state index is 0.140. The Bertz CT molecular complexity index is 926. The van der Waals surface area contributed by atoms with Crippen LogP contribution >= 0.6 is 11.8 Å². The van der Waals surface area contributed by atoms with E-state index in [9.17, 15) is 0 Å². The molecule has 4 rings (SSSR count). The quantitative estimate of drug-likeness (QED) is 0.671. The van der Waals surface area contributed by atoms with Crippen molar-refractivity contribution in [3.63, 3.8) is 0 Å². The number of hydrogen-bond acceptors (Lipinski definition) is 4. The summed E-state index contributed by atoms with van der Waals surface area (Å²) in [6.45, 7) is 11.5. The largest absolute Gasteiger partial charge is 0.486 e. The summed E-state index contributed by atoms with van der Waals surface area (Å²) < 4.78 is 8.32. The molecule has 0 radical (unpaired) electrons. The molecule has 1 aliphatic carbocycles. The van der Waals surface area contributed by atoms with Crippen LogP contribution in [0.1, 0.15) is 51.9 Å². The van der Waals surface area contributed by atoms with Crippen LogP contribution in [0.2, 0.25) is 0 Å². The van der Waals surface area contributed by atoms with Crippen LogP contribution in [-0.4, -0.2) is 32.5 Å². The van der Waals surface area contributed by atoms with Crippen LogP contribution in [0.5, 0.6) is 5.75 Å². The molecule has 30 heavy (non-hydrogen) atoms. The zero-order valence-corrected chi connectivity index (χ0v) is 19.4. The molecule has 1 aliphatic heterocycles. The maximum atomic E-state index is 9.00. The fourth-order valence-corrected chi connectivity index (χ4v) is 4.69. The average Bonchev–Trinajstić information content (AvgIpc) is 3.43. The Labute approximate surface area is 183 Å². The second-order valence-electron chi connectivity index (χ2n) is 7.03. The number of carboxylic acids is 1. The number of nitrogens with zero attached hydrogens (tertiary/aromatic N) is 2. The number of allylic oxidation sites excluding steroid dienone is 2. The summed E-state index contributed by atoms with van der Waals surface area (Å²) in [4.78, 5) is 14.8. The van der Waals surface area contributed by atoms with Gasteiger partial charge in [-0.1, -0.05) is 26.5 Å². The minimum Gasteiger partial charge on any atom is -0.486 e. The van der Waals surface area contributed by atoms with Gasteiger partial charge in [-0.15, -0.1) is 11.8 Å². The molecular weight excluding hydrogens is 396 g/mol. The Morgan fingerprint density at radius 3 is 2.67 bits per heavy atom. The Kier molecular flexibility index (Phi) is 8.78.